The molecule has 0 N–H and O–H groups in total. The number of sulfone groups is 1. The van der Waals surface area contributed by atoms with Gasteiger partial charge in [-0.3, -0.25) is 0 Å². The van der Waals surface area contributed by atoms with Gasteiger partial charge in [-0.05, 0) is 93.4 Å². The first kappa shape index (κ1) is 17.2. The van der Waals surface area contributed by atoms with E-state index in [4.69, 9.17) is 0 Å². The Morgan fingerprint density at radius 1 is 0.762 bits per heavy atom. The number of rotatable bonds is 6. The number of hydrogen-bond donors (Lipinski definition) is 0. The van der Waals surface area contributed by atoms with E-state index >= 15 is 0 Å². The van der Waals surface area contributed by atoms with Gasteiger partial charge in [-0.2, -0.15) is 0 Å². The number of aryl methyl sites for hydroxylation is 2. The van der Waals surface area contributed by atoms with Crippen LogP contribution >= 0.6 is 45.2 Å². The van der Waals surface area contributed by atoms with E-state index < -0.39 is 9.84 Å². The highest BCUT2D eigenvalue weighted by Crippen LogP contribution is 2.12. The van der Waals surface area contributed by atoms with Crippen molar-refractivity contribution >= 4 is 55.0 Å². The molecule has 0 amide bonds. The van der Waals surface area contributed by atoms with E-state index in [2.05, 4.69) is 45.2 Å². The van der Waals surface area contributed by atoms with Gasteiger partial charge in [0.15, 0.2) is 9.84 Å². The Hall–Kier alpha value is -0.150. The molecule has 5 heteroatoms. The van der Waals surface area contributed by atoms with E-state index in [1.807, 2.05) is 48.5 Å². The van der Waals surface area contributed by atoms with Crippen LogP contribution in [-0.4, -0.2) is 19.9 Å². The molecule has 2 aromatic rings. The summed E-state index contributed by atoms with van der Waals surface area (Å²) in [5.41, 5.74) is 2.17. The molecule has 0 aliphatic heterocycles. The van der Waals surface area contributed by atoms with E-state index in [1.54, 1.807) is 0 Å². The van der Waals surface area contributed by atoms with Crippen LogP contribution < -0.4 is 0 Å². The summed E-state index contributed by atoms with van der Waals surface area (Å²) in [4.78, 5) is 0. The Bertz CT molecular complexity index is 656. The van der Waals surface area contributed by atoms with Crippen molar-refractivity contribution in [1.29, 1.82) is 0 Å². The molecule has 0 aliphatic carbocycles. The highest BCUT2D eigenvalue weighted by molar-refractivity contribution is 14.1. The molecule has 0 unspecified atom stereocenters. The fourth-order valence-electron chi connectivity index (χ4n) is 2.03. The van der Waals surface area contributed by atoms with Gasteiger partial charge in [0.1, 0.15) is 0 Å². The molecule has 0 fully saturated rings. The van der Waals surface area contributed by atoms with Crippen molar-refractivity contribution in [3.8, 4) is 0 Å². The van der Waals surface area contributed by atoms with Gasteiger partial charge in [-0.1, -0.05) is 24.3 Å². The second-order valence-electron chi connectivity index (χ2n) is 4.91. The molecule has 0 spiro atoms. The molecule has 0 atom stereocenters. The predicted octanol–water partition coefficient (Wildman–Crippen LogP) is 4.10. The maximum atomic E-state index is 12.1. The average Bonchev–Trinajstić information content (AvgIpc) is 2.44. The van der Waals surface area contributed by atoms with Crippen molar-refractivity contribution in [2.45, 2.75) is 12.8 Å². The second kappa shape index (κ2) is 7.92. The molecule has 2 nitrogen and oxygen atoms in total. The third kappa shape index (κ3) is 6.23. The second-order valence-corrected chi connectivity index (χ2v) is 9.71. The SMILES string of the molecule is O=S(=O)(CCc1cccc(I)c1)CCc1cccc(I)c1. The van der Waals surface area contributed by atoms with Crippen molar-refractivity contribution in [3.63, 3.8) is 0 Å². The van der Waals surface area contributed by atoms with Crippen molar-refractivity contribution in [1.82, 2.24) is 0 Å². The van der Waals surface area contributed by atoms with E-state index in [0.717, 1.165) is 18.3 Å². The fraction of sp³-hybridized carbons (Fsp3) is 0.250. The van der Waals surface area contributed by atoms with Gasteiger partial charge in [-0.25, -0.2) is 8.42 Å². The number of halogens is 2. The molecule has 0 radical (unpaired) electrons. The Morgan fingerprint density at radius 3 is 1.57 bits per heavy atom. The van der Waals surface area contributed by atoms with Gasteiger partial charge in [0.2, 0.25) is 0 Å². The lowest BCUT2D eigenvalue weighted by Gasteiger charge is -2.06. The Morgan fingerprint density at radius 2 is 1.19 bits per heavy atom. The third-order valence-electron chi connectivity index (χ3n) is 3.18. The Kier molecular flexibility index (Phi) is 6.49. The lowest BCUT2D eigenvalue weighted by molar-refractivity contribution is 0.594. The van der Waals surface area contributed by atoms with Gasteiger partial charge in [0, 0.05) is 7.14 Å². The zero-order valence-corrected chi connectivity index (χ0v) is 16.6. The predicted molar refractivity (Wildman–Crippen MR) is 104 cm³/mol. The molecule has 21 heavy (non-hydrogen) atoms. The first-order valence-electron chi connectivity index (χ1n) is 6.64. The van der Waals surface area contributed by atoms with Gasteiger partial charge < -0.3 is 0 Å². The first-order valence-corrected chi connectivity index (χ1v) is 10.6. The van der Waals surface area contributed by atoms with Gasteiger partial charge in [0.25, 0.3) is 0 Å². The number of benzene rings is 2. The monoisotopic (exact) mass is 526 g/mol. The fourth-order valence-corrected chi connectivity index (χ4v) is 4.55. The summed E-state index contributed by atoms with van der Waals surface area (Å²) in [6, 6.07) is 16.0. The van der Waals surface area contributed by atoms with Crippen LogP contribution in [0.3, 0.4) is 0 Å². The van der Waals surface area contributed by atoms with Crippen LogP contribution in [0.25, 0.3) is 0 Å². The van der Waals surface area contributed by atoms with Crippen LogP contribution in [0.15, 0.2) is 48.5 Å². The minimum Gasteiger partial charge on any atom is -0.229 e. The van der Waals surface area contributed by atoms with Gasteiger partial charge in [-0.15, -0.1) is 0 Å². The zero-order chi connectivity index (χ0) is 15.3. The van der Waals surface area contributed by atoms with Gasteiger partial charge in [0.05, 0.1) is 11.5 Å². The molecule has 2 aromatic carbocycles. The molecule has 0 saturated heterocycles. The molecule has 112 valence electrons. The summed E-state index contributed by atoms with van der Waals surface area (Å²) in [6.45, 7) is 0. The van der Waals surface area contributed by atoms with Crippen LogP contribution in [0.1, 0.15) is 11.1 Å². The average molecular weight is 526 g/mol. The molecule has 0 aromatic heterocycles. The minimum atomic E-state index is -3.01. The molecule has 2 rings (SSSR count). The highest BCUT2D eigenvalue weighted by atomic mass is 127. The van der Waals surface area contributed by atoms with Crippen molar-refractivity contribution in [3.05, 3.63) is 66.8 Å². The summed E-state index contributed by atoms with van der Waals surface area (Å²) in [5, 5.41) is 0. The van der Waals surface area contributed by atoms with Crippen LogP contribution in [0.4, 0.5) is 0 Å². The summed E-state index contributed by atoms with van der Waals surface area (Å²) in [7, 11) is -3.01. The Balaban J connectivity index is 1.90. The quantitative estimate of drug-likeness (QED) is 0.532. The molecule has 0 heterocycles. The molecule has 0 saturated carbocycles. The van der Waals surface area contributed by atoms with Crippen LogP contribution in [-0.2, 0) is 22.7 Å². The largest absolute Gasteiger partial charge is 0.229 e. The van der Waals surface area contributed by atoms with E-state index in [-0.39, 0.29) is 11.5 Å². The third-order valence-corrected chi connectivity index (χ3v) is 6.18. The molecular formula is C16H16I2O2S. The maximum absolute atomic E-state index is 12.1. The van der Waals surface area contributed by atoms with Crippen molar-refractivity contribution in [2.75, 3.05) is 11.5 Å². The maximum Gasteiger partial charge on any atom is 0.150 e. The van der Waals surface area contributed by atoms with E-state index in [0.29, 0.717) is 12.8 Å². The minimum absolute atomic E-state index is 0.219. The van der Waals surface area contributed by atoms with Gasteiger partial charge >= 0.3 is 0 Å². The van der Waals surface area contributed by atoms with Crippen LogP contribution in [0.5, 0.6) is 0 Å². The summed E-state index contributed by atoms with van der Waals surface area (Å²) in [5.74, 6) is 0.439. The first-order chi connectivity index (χ1) is 9.94. The smallest absolute Gasteiger partial charge is 0.150 e. The summed E-state index contributed by atoms with van der Waals surface area (Å²) < 4.78 is 26.6. The molecule has 0 aliphatic rings. The van der Waals surface area contributed by atoms with Crippen LogP contribution in [0, 0.1) is 7.14 Å². The van der Waals surface area contributed by atoms with E-state index in [9.17, 15) is 8.42 Å². The van der Waals surface area contributed by atoms with Crippen LogP contribution in [0.2, 0.25) is 0 Å². The standard InChI is InChI=1S/C16H16I2O2S/c17-15-5-1-3-13(11-15)7-9-21(19,20)10-8-14-4-2-6-16(18)12-14/h1-6,11-12H,7-10H2. The molecular weight excluding hydrogens is 510 g/mol. The van der Waals surface area contributed by atoms with E-state index in [1.165, 1.54) is 0 Å². The summed E-state index contributed by atoms with van der Waals surface area (Å²) in [6.07, 6.45) is 1.18. The normalized spacial score (nSPS) is 11.5. The zero-order valence-electron chi connectivity index (χ0n) is 11.4. The number of hydrogen-bond acceptors (Lipinski definition) is 2. The Labute approximate surface area is 153 Å². The van der Waals surface area contributed by atoms with Crippen molar-refractivity contribution < 1.29 is 8.42 Å². The highest BCUT2D eigenvalue weighted by Gasteiger charge is 2.11. The van der Waals surface area contributed by atoms with Crippen molar-refractivity contribution in [2.24, 2.45) is 0 Å². The lowest BCUT2D eigenvalue weighted by Crippen LogP contribution is -2.15. The summed E-state index contributed by atoms with van der Waals surface area (Å²) >= 11 is 4.49. The molecule has 0 bridgehead atoms. The lowest BCUT2D eigenvalue weighted by atomic mass is 10.2. The topological polar surface area (TPSA) is 34.1 Å².